The molecule has 1 unspecified atom stereocenters. The zero-order valence-corrected chi connectivity index (χ0v) is 12.5. The molecule has 0 spiro atoms. The van der Waals surface area contributed by atoms with Gasteiger partial charge in [0.25, 0.3) is 0 Å². The summed E-state index contributed by atoms with van der Waals surface area (Å²) >= 11 is 6.24. The highest BCUT2D eigenvalue weighted by atomic mass is 35.5. The van der Waals surface area contributed by atoms with Gasteiger partial charge in [0.2, 0.25) is 0 Å². The standard InChI is InChI=1S/C16H16ClN3/c1-11-8-9-13(10-18)16(19-11)20(3)12(2)14-6-4-5-7-15(14)17/h4-9,12H,1-3H3. The van der Waals surface area contributed by atoms with Crippen LogP contribution in [0.2, 0.25) is 5.02 Å². The van der Waals surface area contributed by atoms with Gasteiger partial charge in [-0.3, -0.25) is 0 Å². The predicted octanol–water partition coefficient (Wildman–Crippen LogP) is 4.11. The molecule has 0 aliphatic heterocycles. The number of hydrogen-bond acceptors (Lipinski definition) is 3. The summed E-state index contributed by atoms with van der Waals surface area (Å²) in [6, 6.07) is 13.6. The average Bonchev–Trinajstić information content (AvgIpc) is 2.46. The van der Waals surface area contributed by atoms with Gasteiger partial charge in [0.15, 0.2) is 0 Å². The molecule has 3 nitrogen and oxygen atoms in total. The summed E-state index contributed by atoms with van der Waals surface area (Å²) in [5, 5.41) is 9.94. The number of halogens is 1. The molecule has 2 rings (SSSR count). The largest absolute Gasteiger partial charge is 0.352 e. The summed E-state index contributed by atoms with van der Waals surface area (Å²) in [4.78, 5) is 6.46. The SMILES string of the molecule is Cc1ccc(C#N)c(N(C)C(C)c2ccccc2Cl)n1. The van der Waals surface area contributed by atoms with Crippen molar-refractivity contribution in [1.82, 2.24) is 4.98 Å². The van der Waals surface area contributed by atoms with Gasteiger partial charge in [0.1, 0.15) is 11.9 Å². The van der Waals surface area contributed by atoms with Gasteiger partial charge in [-0.2, -0.15) is 5.26 Å². The van der Waals surface area contributed by atoms with Crippen molar-refractivity contribution < 1.29 is 0 Å². The second-order valence-corrected chi connectivity index (χ2v) is 5.15. The minimum Gasteiger partial charge on any atom is -0.352 e. The van der Waals surface area contributed by atoms with Crippen LogP contribution in [0.15, 0.2) is 36.4 Å². The maximum Gasteiger partial charge on any atom is 0.147 e. The summed E-state index contributed by atoms with van der Waals surface area (Å²) < 4.78 is 0. The molecule has 1 aromatic carbocycles. The molecule has 0 radical (unpaired) electrons. The van der Waals surface area contributed by atoms with Crippen molar-refractivity contribution in [3.8, 4) is 6.07 Å². The molecule has 4 heteroatoms. The van der Waals surface area contributed by atoms with E-state index in [1.54, 1.807) is 6.07 Å². The molecule has 0 aliphatic carbocycles. The van der Waals surface area contributed by atoms with Crippen molar-refractivity contribution in [3.63, 3.8) is 0 Å². The smallest absolute Gasteiger partial charge is 0.147 e. The van der Waals surface area contributed by atoms with Crippen LogP contribution in [0.3, 0.4) is 0 Å². The van der Waals surface area contributed by atoms with Gasteiger partial charge in [-0.15, -0.1) is 0 Å². The Morgan fingerprint density at radius 1 is 1.25 bits per heavy atom. The maximum absolute atomic E-state index is 9.22. The van der Waals surface area contributed by atoms with Gasteiger partial charge >= 0.3 is 0 Å². The van der Waals surface area contributed by atoms with E-state index in [0.29, 0.717) is 11.4 Å². The Labute approximate surface area is 124 Å². The Kier molecular flexibility index (Phi) is 4.26. The van der Waals surface area contributed by atoms with Crippen molar-refractivity contribution in [2.75, 3.05) is 11.9 Å². The second kappa shape index (κ2) is 5.94. The van der Waals surface area contributed by atoms with E-state index in [-0.39, 0.29) is 6.04 Å². The number of pyridine rings is 1. The first kappa shape index (κ1) is 14.4. The molecule has 20 heavy (non-hydrogen) atoms. The van der Waals surface area contributed by atoms with E-state index in [0.717, 1.165) is 16.3 Å². The van der Waals surface area contributed by atoms with Gasteiger partial charge in [-0.1, -0.05) is 29.8 Å². The van der Waals surface area contributed by atoms with Crippen molar-refractivity contribution in [1.29, 1.82) is 5.26 Å². The van der Waals surface area contributed by atoms with Crippen molar-refractivity contribution >= 4 is 17.4 Å². The lowest BCUT2D eigenvalue weighted by molar-refractivity contribution is 0.726. The van der Waals surface area contributed by atoms with Crippen molar-refractivity contribution in [2.24, 2.45) is 0 Å². The van der Waals surface area contributed by atoms with E-state index < -0.39 is 0 Å². The summed E-state index contributed by atoms with van der Waals surface area (Å²) in [5.41, 5.74) is 2.47. The van der Waals surface area contributed by atoms with Crippen LogP contribution >= 0.6 is 11.6 Å². The molecule has 0 aliphatic rings. The third-order valence-corrected chi connectivity index (χ3v) is 3.75. The molecule has 1 atom stereocenters. The quantitative estimate of drug-likeness (QED) is 0.852. The molecule has 0 fully saturated rings. The highest BCUT2D eigenvalue weighted by Gasteiger charge is 2.18. The van der Waals surface area contributed by atoms with Gasteiger partial charge in [-0.25, -0.2) is 4.98 Å². The Hall–Kier alpha value is -2.05. The van der Waals surface area contributed by atoms with Crippen LogP contribution in [0.5, 0.6) is 0 Å². The lowest BCUT2D eigenvalue weighted by atomic mass is 10.1. The van der Waals surface area contributed by atoms with E-state index in [4.69, 9.17) is 11.6 Å². The number of benzene rings is 1. The van der Waals surface area contributed by atoms with Gasteiger partial charge in [0, 0.05) is 17.8 Å². The molecular formula is C16H16ClN3. The minimum absolute atomic E-state index is 0.0325. The number of aromatic nitrogens is 1. The van der Waals surface area contributed by atoms with Crippen LogP contribution in [-0.4, -0.2) is 12.0 Å². The lowest BCUT2D eigenvalue weighted by Crippen LogP contribution is -2.24. The summed E-state index contributed by atoms with van der Waals surface area (Å²) in [5.74, 6) is 0.680. The first-order valence-corrected chi connectivity index (χ1v) is 6.77. The first-order chi connectivity index (χ1) is 9.54. The van der Waals surface area contributed by atoms with E-state index in [9.17, 15) is 5.26 Å². The Morgan fingerprint density at radius 3 is 2.60 bits per heavy atom. The van der Waals surface area contributed by atoms with Crippen molar-refractivity contribution in [3.05, 3.63) is 58.2 Å². The molecule has 0 saturated heterocycles. The molecule has 0 bridgehead atoms. The van der Waals surface area contributed by atoms with Gasteiger partial charge in [-0.05, 0) is 37.6 Å². The molecule has 2 aromatic rings. The van der Waals surface area contributed by atoms with Crippen molar-refractivity contribution in [2.45, 2.75) is 19.9 Å². The molecule has 0 saturated carbocycles. The monoisotopic (exact) mass is 285 g/mol. The van der Waals surface area contributed by atoms with Crippen LogP contribution in [0.1, 0.15) is 29.8 Å². The Morgan fingerprint density at radius 2 is 1.95 bits per heavy atom. The maximum atomic E-state index is 9.22. The molecule has 1 aromatic heterocycles. The number of nitriles is 1. The summed E-state index contributed by atoms with van der Waals surface area (Å²) in [6.07, 6.45) is 0. The topological polar surface area (TPSA) is 39.9 Å². The number of nitrogens with zero attached hydrogens (tertiary/aromatic N) is 3. The molecule has 0 amide bonds. The van der Waals surface area contributed by atoms with E-state index in [1.807, 2.05) is 56.1 Å². The lowest BCUT2D eigenvalue weighted by Gasteiger charge is -2.28. The number of anilines is 1. The first-order valence-electron chi connectivity index (χ1n) is 6.39. The fraction of sp³-hybridized carbons (Fsp3) is 0.250. The number of aryl methyl sites for hydroxylation is 1. The average molecular weight is 286 g/mol. The summed E-state index contributed by atoms with van der Waals surface area (Å²) in [6.45, 7) is 3.96. The third-order valence-electron chi connectivity index (χ3n) is 3.41. The number of rotatable bonds is 3. The fourth-order valence-corrected chi connectivity index (χ4v) is 2.40. The van der Waals surface area contributed by atoms with Crippen LogP contribution in [0, 0.1) is 18.3 Å². The van der Waals surface area contributed by atoms with E-state index in [1.165, 1.54) is 0 Å². The van der Waals surface area contributed by atoms with Crippen LogP contribution < -0.4 is 4.90 Å². The van der Waals surface area contributed by atoms with Gasteiger partial charge in [0.05, 0.1) is 11.6 Å². The third kappa shape index (κ3) is 2.76. The minimum atomic E-state index is 0.0325. The van der Waals surface area contributed by atoms with Crippen LogP contribution in [0.4, 0.5) is 5.82 Å². The number of hydrogen-bond donors (Lipinski definition) is 0. The molecule has 0 N–H and O–H groups in total. The fourth-order valence-electron chi connectivity index (χ4n) is 2.11. The van der Waals surface area contributed by atoms with E-state index in [2.05, 4.69) is 11.1 Å². The Bertz CT molecular complexity index is 661. The molecular weight excluding hydrogens is 270 g/mol. The Balaban J connectivity index is 2.42. The second-order valence-electron chi connectivity index (χ2n) is 4.74. The van der Waals surface area contributed by atoms with Crippen LogP contribution in [0.25, 0.3) is 0 Å². The zero-order chi connectivity index (χ0) is 14.7. The normalized spacial score (nSPS) is 11.8. The summed E-state index contributed by atoms with van der Waals surface area (Å²) in [7, 11) is 1.93. The molecule has 102 valence electrons. The molecule has 1 heterocycles. The van der Waals surface area contributed by atoms with Gasteiger partial charge < -0.3 is 4.90 Å². The van der Waals surface area contributed by atoms with Crippen LogP contribution in [-0.2, 0) is 0 Å². The predicted molar refractivity (Wildman–Crippen MR) is 82.0 cm³/mol. The van der Waals surface area contributed by atoms with E-state index >= 15 is 0 Å². The zero-order valence-electron chi connectivity index (χ0n) is 11.8. The highest BCUT2D eigenvalue weighted by Crippen LogP contribution is 2.30. The highest BCUT2D eigenvalue weighted by molar-refractivity contribution is 6.31.